The monoisotopic (exact) mass is 275 g/mol. The number of hydrogen-bond donors (Lipinski definition) is 0. The van der Waals surface area contributed by atoms with Crippen LogP contribution in [-0.2, 0) is 4.74 Å². The van der Waals surface area contributed by atoms with Gasteiger partial charge in [-0.1, -0.05) is 11.6 Å². The molecule has 0 saturated carbocycles. The summed E-state index contributed by atoms with van der Waals surface area (Å²) in [5.41, 5.74) is -0.237. The first kappa shape index (κ1) is 14.2. The number of rotatable bonds is 4. The maximum absolute atomic E-state index is 12.1. The van der Waals surface area contributed by atoms with Gasteiger partial charge in [-0.05, 0) is 19.1 Å². The fourth-order valence-corrected chi connectivity index (χ4v) is 1.42. The highest BCUT2D eigenvalue weighted by molar-refractivity contribution is 6.32. The van der Waals surface area contributed by atoms with Crippen molar-refractivity contribution in [2.45, 2.75) is 13.5 Å². The molecule has 0 unspecified atom stereocenters. The van der Waals surface area contributed by atoms with Gasteiger partial charge >= 0.3 is 12.6 Å². The van der Waals surface area contributed by atoms with Crippen molar-refractivity contribution >= 4 is 17.6 Å². The van der Waals surface area contributed by atoms with E-state index in [1.54, 1.807) is 13.0 Å². The first-order valence-electron chi connectivity index (χ1n) is 4.85. The normalized spacial score (nSPS) is 10.0. The number of carbonyl (C=O) groups excluding carboxylic acids is 1. The smallest absolute Gasteiger partial charge is 0.387 e. The molecule has 0 bridgehead atoms. The molecule has 0 amide bonds. The van der Waals surface area contributed by atoms with Crippen LogP contribution in [0.4, 0.5) is 8.78 Å². The molecule has 0 aromatic heterocycles. The Morgan fingerprint density at radius 1 is 1.56 bits per heavy atom. The van der Waals surface area contributed by atoms with Crippen molar-refractivity contribution in [3.05, 3.63) is 28.3 Å². The van der Waals surface area contributed by atoms with E-state index in [0.717, 1.165) is 12.1 Å². The van der Waals surface area contributed by atoms with Gasteiger partial charge in [-0.2, -0.15) is 14.0 Å². The van der Waals surface area contributed by atoms with Gasteiger partial charge in [0, 0.05) is 0 Å². The average molecular weight is 276 g/mol. The van der Waals surface area contributed by atoms with Crippen molar-refractivity contribution in [2.75, 3.05) is 6.61 Å². The minimum atomic E-state index is -3.08. The number of carbonyl (C=O) groups is 1. The number of nitrogens with zero attached hydrogens (tertiary/aromatic N) is 1. The second kappa shape index (κ2) is 6.17. The fourth-order valence-electron chi connectivity index (χ4n) is 1.21. The lowest BCUT2D eigenvalue weighted by atomic mass is 10.1. The largest absolute Gasteiger partial charge is 0.462 e. The topological polar surface area (TPSA) is 59.3 Å². The summed E-state index contributed by atoms with van der Waals surface area (Å²) in [6, 6.07) is 3.77. The third-order valence-electron chi connectivity index (χ3n) is 1.90. The van der Waals surface area contributed by atoms with E-state index in [1.807, 2.05) is 0 Å². The maximum atomic E-state index is 12.1. The molecule has 18 heavy (non-hydrogen) atoms. The van der Waals surface area contributed by atoms with Crippen LogP contribution in [-0.4, -0.2) is 19.2 Å². The van der Waals surface area contributed by atoms with Gasteiger partial charge in [-0.25, -0.2) is 4.79 Å². The number of esters is 1. The molecular weight excluding hydrogens is 268 g/mol. The van der Waals surface area contributed by atoms with E-state index in [2.05, 4.69) is 4.74 Å². The molecule has 96 valence electrons. The number of benzene rings is 1. The number of alkyl halides is 2. The second-order valence-corrected chi connectivity index (χ2v) is 3.45. The Bertz CT molecular complexity index is 500. The first-order chi connectivity index (χ1) is 8.49. The van der Waals surface area contributed by atoms with Crippen LogP contribution in [0, 0.1) is 11.3 Å². The third kappa shape index (κ3) is 3.31. The highest BCUT2D eigenvalue weighted by Crippen LogP contribution is 2.29. The van der Waals surface area contributed by atoms with Gasteiger partial charge in [-0.15, -0.1) is 0 Å². The summed E-state index contributed by atoms with van der Waals surface area (Å²) in [6.07, 6.45) is 0. The van der Waals surface area contributed by atoms with Gasteiger partial charge in [0.05, 0.1) is 22.8 Å². The summed E-state index contributed by atoms with van der Waals surface area (Å²) in [5, 5.41) is 8.65. The van der Waals surface area contributed by atoms with Crippen molar-refractivity contribution in [1.29, 1.82) is 5.26 Å². The van der Waals surface area contributed by atoms with Gasteiger partial charge in [0.15, 0.2) is 0 Å². The molecule has 4 nitrogen and oxygen atoms in total. The molecule has 0 fully saturated rings. The molecule has 1 aromatic rings. The fraction of sp³-hybridized carbons (Fsp3) is 0.273. The van der Waals surface area contributed by atoms with E-state index in [-0.39, 0.29) is 28.5 Å². The predicted octanol–water partition coefficient (Wildman–Crippen LogP) is 2.99. The molecular formula is C11H8ClF2NO3. The average Bonchev–Trinajstić information content (AvgIpc) is 2.30. The molecule has 7 heteroatoms. The van der Waals surface area contributed by atoms with Crippen molar-refractivity contribution in [1.82, 2.24) is 0 Å². The van der Waals surface area contributed by atoms with Crippen LogP contribution in [0.3, 0.4) is 0 Å². The molecule has 0 atom stereocenters. The highest BCUT2D eigenvalue weighted by atomic mass is 35.5. The van der Waals surface area contributed by atoms with Crippen LogP contribution in [0.15, 0.2) is 12.1 Å². The number of nitriles is 1. The van der Waals surface area contributed by atoms with E-state index in [4.69, 9.17) is 21.6 Å². The molecule has 0 aliphatic rings. The molecule has 0 radical (unpaired) electrons. The Kier molecular flexibility index (Phi) is 4.86. The molecule has 0 heterocycles. The molecule has 1 aromatic carbocycles. The Balaban J connectivity index is 3.22. The number of ether oxygens (including phenoxy) is 2. The van der Waals surface area contributed by atoms with E-state index in [9.17, 15) is 13.6 Å². The van der Waals surface area contributed by atoms with E-state index in [1.165, 1.54) is 0 Å². The summed E-state index contributed by atoms with van der Waals surface area (Å²) < 4.78 is 33.0. The summed E-state index contributed by atoms with van der Waals surface area (Å²) >= 11 is 5.64. The SMILES string of the molecule is CCOC(=O)c1cc(OC(F)F)c(Cl)cc1C#N. The summed E-state index contributed by atoms with van der Waals surface area (Å²) in [5.74, 6) is -1.18. The zero-order valence-electron chi connectivity index (χ0n) is 9.25. The van der Waals surface area contributed by atoms with Gasteiger partial charge in [-0.3, -0.25) is 0 Å². The van der Waals surface area contributed by atoms with Gasteiger partial charge in [0.1, 0.15) is 11.8 Å². The Morgan fingerprint density at radius 3 is 2.72 bits per heavy atom. The third-order valence-corrected chi connectivity index (χ3v) is 2.20. The van der Waals surface area contributed by atoms with Crippen LogP contribution in [0.25, 0.3) is 0 Å². The van der Waals surface area contributed by atoms with Gasteiger partial charge in [0.25, 0.3) is 0 Å². The first-order valence-corrected chi connectivity index (χ1v) is 5.23. The zero-order valence-corrected chi connectivity index (χ0v) is 10.0. The van der Waals surface area contributed by atoms with Crippen LogP contribution in [0.2, 0.25) is 5.02 Å². The van der Waals surface area contributed by atoms with Crippen molar-refractivity contribution in [2.24, 2.45) is 0 Å². The standard InChI is InChI=1S/C11H8ClF2NO3/c1-2-17-10(16)7-4-9(18-11(13)14)8(12)3-6(7)5-15/h3-4,11H,2H2,1H3. The van der Waals surface area contributed by atoms with Gasteiger partial charge in [0.2, 0.25) is 0 Å². The van der Waals surface area contributed by atoms with Crippen LogP contribution < -0.4 is 4.74 Å². The lowest BCUT2D eigenvalue weighted by molar-refractivity contribution is -0.0498. The van der Waals surface area contributed by atoms with Crippen molar-refractivity contribution < 1.29 is 23.0 Å². The minimum absolute atomic E-state index is 0.0694. The van der Waals surface area contributed by atoms with Crippen molar-refractivity contribution in [3.8, 4) is 11.8 Å². The van der Waals surface area contributed by atoms with E-state index in [0.29, 0.717) is 0 Å². The number of hydrogen-bond acceptors (Lipinski definition) is 4. The van der Waals surface area contributed by atoms with E-state index >= 15 is 0 Å². The Labute approximate surface area is 107 Å². The Morgan fingerprint density at radius 2 is 2.22 bits per heavy atom. The predicted molar refractivity (Wildman–Crippen MR) is 58.8 cm³/mol. The molecule has 0 N–H and O–H groups in total. The molecule has 0 spiro atoms. The quantitative estimate of drug-likeness (QED) is 0.793. The van der Waals surface area contributed by atoms with Gasteiger partial charge < -0.3 is 9.47 Å². The van der Waals surface area contributed by atoms with Crippen molar-refractivity contribution in [3.63, 3.8) is 0 Å². The van der Waals surface area contributed by atoms with Crippen LogP contribution >= 0.6 is 11.6 Å². The lowest BCUT2D eigenvalue weighted by Crippen LogP contribution is -2.09. The Hall–Kier alpha value is -1.87. The lowest BCUT2D eigenvalue weighted by Gasteiger charge is -2.10. The highest BCUT2D eigenvalue weighted by Gasteiger charge is 2.18. The summed E-state index contributed by atoms with van der Waals surface area (Å²) in [6.45, 7) is -1.40. The second-order valence-electron chi connectivity index (χ2n) is 3.04. The molecule has 0 aliphatic carbocycles. The zero-order chi connectivity index (χ0) is 13.7. The molecule has 1 rings (SSSR count). The van der Waals surface area contributed by atoms with Crippen LogP contribution in [0.5, 0.6) is 5.75 Å². The molecule has 0 aliphatic heterocycles. The van der Waals surface area contributed by atoms with Crippen LogP contribution in [0.1, 0.15) is 22.8 Å². The number of halogens is 3. The maximum Gasteiger partial charge on any atom is 0.387 e. The summed E-state index contributed by atoms with van der Waals surface area (Å²) in [4.78, 5) is 11.5. The van der Waals surface area contributed by atoms with E-state index < -0.39 is 12.6 Å². The summed E-state index contributed by atoms with van der Waals surface area (Å²) in [7, 11) is 0. The molecule has 0 saturated heterocycles. The minimum Gasteiger partial charge on any atom is -0.462 e.